The molecule has 0 heterocycles. The summed E-state index contributed by atoms with van der Waals surface area (Å²) in [5.74, 6) is -0.804. The molecule has 2 amide bonds. The van der Waals surface area contributed by atoms with Crippen LogP contribution in [0.15, 0.2) is 66.7 Å². The Hall–Kier alpha value is -4.00. The Morgan fingerprint density at radius 1 is 0.793 bits per heavy atom. The number of rotatable bonds is 5. The third kappa shape index (κ3) is 4.47. The first-order valence-corrected chi connectivity index (χ1v) is 8.89. The quantitative estimate of drug-likeness (QED) is 0.487. The van der Waals surface area contributed by atoms with E-state index in [1.165, 1.54) is 18.2 Å². The lowest BCUT2D eigenvalue weighted by atomic mass is 10.1. The molecule has 0 fully saturated rings. The van der Waals surface area contributed by atoms with E-state index in [0.29, 0.717) is 16.8 Å². The minimum atomic E-state index is -0.583. The number of carbonyl (C=O) groups excluding carboxylic acids is 2. The van der Waals surface area contributed by atoms with Crippen LogP contribution in [0.25, 0.3) is 0 Å². The van der Waals surface area contributed by atoms with Crippen molar-refractivity contribution < 1.29 is 14.5 Å². The zero-order valence-electron chi connectivity index (χ0n) is 15.9. The smallest absolute Gasteiger partial charge is 0.292 e. The van der Waals surface area contributed by atoms with E-state index < -0.39 is 10.8 Å². The fourth-order valence-corrected chi connectivity index (χ4v) is 2.92. The van der Waals surface area contributed by atoms with Gasteiger partial charge in [-0.1, -0.05) is 36.4 Å². The Labute approximate surface area is 167 Å². The van der Waals surface area contributed by atoms with E-state index in [-0.39, 0.29) is 17.3 Å². The molecule has 3 aromatic rings. The van der Waals surface area contributed by atoms with Gasteiger partial charge >= 0.3 is 0 Å². The molecular weight excluding hydrogens is 370 g/mol. The van der Waals surface area contributed by atoms with Crippen molar-refractivity contribution in [3.05, 3.63) is 99.1 Å². The number of nitrogens with one attached hydrogen (secondary N) is 2. The number of carbonyl (C=O) groups is 2. The van der Waals surface area contributed by atoms with Crippen LogP contribution in [0.2, 0.25) is 0 Å². The van der Waals surface area contributed by atoms with Crippen LogP contribution in [0.1, 0.15) is 31.8 Å². The van der Waals surface area contributed by atoms with Gasteiger partial charge in [0.1, 0.15) is 5.69 Å². The fourth-order valence-electron chi connectivity index (χ4n) is 2.92. The van der Waals surface area contributed by atoms with Crippen LogP contribution < -0.4 is 10.6 Å². The van der Waals surface area contributed by atoms with Crippen LogP contribution in [-0.2, 0) is 0 Å². The summed E-state index contributed by atoms with van der Waals surface area (Å²) in [6.07, 6.45) is 0. The number of aryl methyl sites for hydroxylation is 2. The second kappa shape index (κ2) is 8.35. The summed E-state index contributed by atoms with van der Waals surface area (Å²) >= 11 is 0. The maximum Gasteiger partial charge on any atom is 0.292 e. The Morgan fingerprint density at radius 3 is 1.83 bits per heavy atom. The Kier molecular flexibility index (Phi) is 5.69. The predicted octanol–water partition coefficient (Wildman–Crippen LogP) is 4.72. The van der Waals surface area contributed by atoms with Gasteiger partial charge in [-0.05, 0) is 49.2 Å². The third-order valence-electron chi connectivity index (χ3n) is 4.48. The van der Waals surface area contributed by atoms with Crippen LogP contribution in [0.5, 0.6) is 0 Å². The summed E-state index contributed by atoms with van der Waals surface area (Å²) in [5.41, 5.74) is 2.54. The molecule has 0 spiro atoms. The van der Waals surface area contributed by atoms with Crippen LogP contribution >= 0.6 is 0 Å². The molecule has 0 saturated heterocycles. The Bertz CT molecular complexity index is 1110. The van der Waals surface area contributed by atoms with Gasteiger partial charge in [-0.2, -0.15) is 0 Å². The molecule has 3 aromatic carbocycles. The van der Waals surface area contributed by atoms with Crippen molar-refractivity contribution >= 4 is 28.9 Å². The third-order valence-corrected chi connectivity index (χ3v) is 4.48. The molecule has 0 radical (unpaired) electrons. The Morgan fingerprint density at radius 2 is 1.31 bits per heavy atom. The van der Waals surface area contributed by atoms with E-state index in [1.54, 1.807) is 43.3 Å². The molecule has 7 nitrogen and oxygen atoms in total. The van der Waals surface area contributed by atoms with Crippen LogP contribution in [0.3, 0.4) is 0 Å². The van der Waals surface area contributed by atoms with Crippen molar-refractivity contribution in [2.45, 2.75) is 13.8 Å². The van der Waals surface area contributed by atoms with E-state index >= 15 is 0 Å². The number of benzene rings is 3. The van der Waals surface area contributed by atoms with Crippen LogP contribution in [0.4, 0.5) is 17.1 Å². The lowest BCUT2D eigenvalue weighted by Gasteiger charge is -2.11. The van der Waals surface area contributed by atoms with Crippen molar-refractivity contribution in [3.63, 3.8) is 0 Å². The summed E-state index contributed by atoms with van der Waals surface area (Å²) in [6, 6.07) is 18.1. The van der Waals surface area contributed by atoms with Crippen LogP contribution in [0, 0.1) is 24.0 Å². The second-order valence-electron chi connectivity index (χ2n) is 6.53. The van der Waals surface area contributed by atoms with Crippen LogP contribution in [-0.4, -0.2) is 16.7 Å². The molecule has 0 unspecified atom stereocenters. The summed E-state index contributed by atoms with van der Waals surface area (Å²) in [7, 11) is 0. The van der Waals surface area contributed by atoms with Crippen molar-refractivity contribution in [2.75, 3.05) is 10.6 Å². The van der Waals surface area contributed by atoms with Gasteiger partial charge in [0, 0.05) is 22.9 Å². The number of hydrogen-bond donors (Lipinski definition) is 2. The fraction of sp³-hybridized carbons (Fsp3) is 0.0909. The van der Waals surface area contributed by atoms with E-state index in [4.69, 9.17) is 0 Å². The van der Waals surface area contributed by atoms with Crippen molar-refractivity contribution in [1.82, 2.24) is 0 Å². The highest BCUT2D eigenvalue weighted by molar-refractivity contribution is 6.08. The second-order valence-corrected chi connectivity index (χ2v) is 6.53. The highest BCUT2D eigenvalue weighted by Crippen LogP contribution is 2.29. The zero-order valence-corrected chi connectivity index (χ0v) is 15.9. The first-order valence-electron chi connectivity index (χ1n) is 8.89. The lowest BCUT2D eigenvalue weighted by Crippen LogP contribution is -2.16. The van der Waals surface area contributed by atoms with Crippen molar-refractivity contribution in [1.29, 1.82) is 0 Å². The van der Waals surface area contributed by atoms with Gasteiger partial charge in [-0.15, -0.1) is 0 Å². The topological polar surface area (TPSA) is 101 Å². The molecule has 0 bridgehead atoms. The molecule has 2 N–H and O–H groups in total. The molecule has 0 atom stereocenters. The van der Waals surface area contributed by atoms with Gasteiger partial charge in [0.2, 0.25) is 0 Å². The summed E-state index contributed by atoms with van der Waals surface area (Å²) < 4.78 is 0. The largest absolute Gasteiger partial charge is 0.322 e. The highest BCUT2D eigenvalue weighted by Gasteiger charge is 2.19. The summed E-state index contributed by atoms with van der Waals surface area (Å²) in [5, 5.41) is 16.7. The molecule has 0 aliphatic carbocycles. The lowest BCUT2D eigenvalue weighted by molar-refractivity contribution is -0.383. The van der Waals surface area contributed by atoms with Gasteiger partial charge in [-0.3, -0.25) is 19.7 Å². The molecule has 3 rings (SSSR count). The molecule has 7 heteroatoms. The molecule has 0 aliphatic rings. The minimum absolute atomic E-state index is 0.00540. The van der Waals surface area contributed by atoms with Crippen molar-refractivity contribution in [2.24, 2.45) is 0 Å². The summed E-state index contributed by atoms with van der Waals surface area (Å²) in [6.45, 7) is 3.60. The average molecular weight is 389 g/mol. The maximum absolute atomic E-state index is 12.6. The van der Waals surface area contributed by atoms with Gasteiger partial charge in [0.15, 0.2) is 0 Å². The number of amides is 2. The minimum Gasteiger partial charge on any atom is -0.322 e. The van der Waals surface area contributed by atoms with Gasteiger partial charge in [-0.25, -0.2) is 0 Å². The van der Waals surface area contributed by atoms with Gasteiger partial charge in [0.25, 0.3) is 17.5 Å². The number of nitro benzene ring substituents is 1. The molecule has 29 heavy (non-hydrogen) atoms. The normalized spacial score (nSPS) is 10.3. The van der Waals surface area contributed by atoms with E-state index in [2.05, 4.69) is 10.6 Å². The highest BCUT2D eigenvalue weighted by atomic mass is 16.6. The van der Waals surface area contributed by atoms with Gasteiger partial charge < -0.3 is 10.6 Å². The summed E-state index contributed by atoms with van der Waals surface area (Å²) in [4.78, 5) is 35.9. The van der Waals surface area contributed by atoms with E-state index in [0.717, 1.165) is 11.1 Å². The zero-order chi connectivity index (χ0) is 21.0. The molecule has 0 aromatic heterocycles. The molecule has 0 aliphatic heterocycles. The molecular formula is C22H19N3O4. The van der Waals surface area contributed by atoms with Crippen molar-refractivity contribution in [3.8, 4) is 0 Å². The van der Waals surface area contributed by atoms with Gasteiger partial charge in [0.05, 0.1) is 4.92 Å². The first-order chi connectivity index (χ1) is 13.9. The maximum atomic E-state index is 12.6. The monoisotopic (exact) mass is 389 g/mol. The Balaban J connectivity index is 1.89. The first kappa shape index (κ1) is 19.8. The SMILES string of the molecule is Cc1ccccc1C(=O)Nc1ccc([N+](=O)[O-])c(NC(=O)c2ccccc2C)c1. The number of hydrogen-bond acceptors (Lipinski definition) is 4. The average Bonchev–Trinajstić information content (AvgIpc) is 2.68. The molecule has 0 saturated carbocycles. The number of nitro groups is 1. The predicted molar refractivity (Wildman–Crippen MR) is 111 cm³/mol. The number of nitrogens with zero attached hydrogens (tertiary/aromatic N) is 1. The standard InChI is InChI=1S/C22H19N3O4/c1-14-7-3-5-9-17(14)21(26)23-16-11-12-20(25(28)29)19(13-16)24-22(27)18-10-6-4-8-15(18)2/h3-13H,1-2H3,(H,23,26)(H,24,27). The van der Waals surface area contributed by atoms with E-state index in [1.807, 2.05) is 19.1 Å². The number of anilines is 2. The molecule has 146 valence electrons. The van der Waals surface area contributed by atoms with E-state index in [9.17, 15) is 19.7 Å².